The van der Waals surface area contributed by atoms with Crippen molar-refractivity contribution < 1.29 is 23.9 Å². The highest BCUT2D eigenvalue weighted by Crippen LogP contribution is 2.20. The molecular weight excluding hydrogens is 536 g/mol. The zero-order valence-corrected chi connectivity index (χ0v) is 28.7. The van der Waals surface area contributed by atoms with Crippen LogP contribution < -0.4 is 16.8 Å². The standard InChI is InChI=1S/C31H62N6O5/c1-14-15-22(36(12)30(41)26(32)21(6)7)28(39)34-25(18-42-31(8,9)10)35(11)24(17-20(4)5)29(40)37(13)23(27(33)38)16-19(2)3/h19-26H,14-18,32H2,1-13H3,(H2,33,38)(H,34,39)/t22?,23?,24?,25-,26-/m1/s1. The maximum absolute atomic E-state index is 14.0. The van der Waals surface area contributed by atoms with Crippen LogP contribution in [0.3, 0.4) is 0 Å². The molecule has 5 N–H and O–H groups in total. The number of hydrogen-bond acceptors (Lipinski definition) is 7. The Bertz CT molecular complexity index is 872. The van der Waals surface area contributed by atoms with Gasteiger partial charge in [-0.2, -0.15) is 0 Å². The van der Waals surface area contributed by atoms with Gasteiger partial charge in [-0.3, -0.25) is 24.1 Å². The van der Waals surface area contributed by atoms with E-state index in [1.54, 1.807) is 26.0 Å². The molecule has 0 aliphatic carbocycles. The van der Waals surface area contributed by atoms with Crippen molar-refractivity contribution in [3.8, 4) is 0 Å². The molecular formula is C31H62N6O5. The van der Waals surface area contributed by atoms with Crippen LogP contribution in [0.25, 0.3) is 0 Å². The van der Waals surface area contributed by atoms with Crippen LogP contribution in [0.15, 0.2) is 0 Å². The number of nitrogens with zero attached hydrogens (tertiary/aromatic N) is 3. The van der Waals surface area contributed by atoms with Gasteiger partial charge in [-0.15, -0.1) is 0 Å². The number of carbonyl (C=O) groups is 4. The third-order valence-corrected chi connectivity index (χ3v) is 7.47. The highest BCUT2D eigenvalue weighted by Gasteiger charge is 2.38. The van der Waals surface area contributed by atoms with Gasteiger partial charge in [0.2, 0.25) is 23.6 Å². The van der Waals surface area contributed by atoms with Crippen LogP contribution in [-0.2, 0) is 23.9 Å². The Morgan fingerprint density at radius 1 is 0.810 bits per heavy atom. The molecule has 42 heavy (non-hydrogen) atoms. The zero-order valence-electron chi connectivity index (χ0n) is 28.7. The van der Waals surface area contributed by atoms with E-state index >= 15 is 0 Å². The van der Waals surface area contributed by atoms with Crippen molar-refractivity contribution >= 4 is 23.6 Å². The van der Waals surface area contributed by atoms with E-state index in [1.165, 1.54) is 9.80 Å². The molecule has 0 aliphatic heterocycles. The lowest BCUT2D eigenvalue weighted by atomic mass is 9.98. The van der Waals surface area contributed by atoms with Gasteiger partial charge in [0.1, 0.15) is 18.2 Å². The summed E-state index contributed by atoms with van der Waals surface area (Å²) in [6.45, 7) is 19.5. The molecule has 0 radical (unpaired) electrons. The van der Waals surface area contributed by atoms with Crippen molar-refractivity contribution in [3.05, 3.63) is 0 Å². The Balaban J connectivity index is 6.45. The van der Waals surface area contributed by atoms with Crippen molar-refractivity contribution in [2.24, 2.45) is 29.2 Å². The first-order valence-corrected chi connectivity index (χ1v) is 15.4. The summed E-state index contributed by atoms with van der Waals surface area (Å²) in [7, 11) is 4.99. The van der Waals surface area contributed by atoms with Gasteiger partial charge in [0.05, 0.1) is 24.3 Å². The van der Waals surface area contributed by atoms with Crippen LogP contribution in [0.4, 0.5) is 0 Å². The number of likely N-dealkylation sites (N-methyl/N-ethyl adjacent to an activating group) is 3. The van der Waals surface area contributed by atoms with Crippen molar-refractivity contribution in [3.63, 3.8) is 0 Å². The summed E-state index contributed by atoms with van der Waals surface area (Å²) in [6, 6.07) is -2.89. The first-order chi connectivity index (χ1) is 19.2. The highest BCUT2D eigenvalue weighted by atomic mass is 16.5. The molecule has 0 aromatic carbocycles. The Hall–Kier alpha value is -2.24. The van der Waals surface area contributed by atoms with Crippen LogP contribution in [0.1, 0.15) is 94.9 Å². The van der Waals surface area contributed by atoms with E-state index in [4.69, 9.17) is 16.2 Å². The first kappa shape index (κ1) is 39.8. The molecule has 0 aromatic rings. The number of carbonyl (C=O) groups excluding carboxylic acids is 4. The van der Waals surface area contributed by atoms with E-state index in [9.17, 15) is 19.2 Å². The number of ether oxygens (including phenoxy) is 1. The molecule has 0 fully saturated rings. The predicted octanol–water partition coefficient (Wildman–Crippen LogP) is 2.56. The molecule has 5 atom stereocenters. The van der Waals surface area contributed by atoms with E-state index in [2.05, 4.69) is 5.32 Å². The van der Waals surface area contributed by atoms with E-state index in [-0.39, 0.29) is 42.1 Å². The summed E-state index contributed by atoms with van der Waals surface area (Å²) in [4.78, 5) is 57.8. The number of nitrogens with one attached hydrogen (secondary N) is 1. The Kier molecular flexibility index (Phi) is 16.8. The number of amides is 4. The van der Waals surface area contributed by atoms with Crippen molar-refractivity contribution in [1.82, 2.24) is 20.0 Å². The molecule has 3 unspecified atom stereocenters. The minimum Gasteiger partial charge on any atom is -0.372 e. The zero-order chi connectivity index (χ0) is 33.1. The second-order valence-corrected chi connectivity index (χ2v) is 13.8. The summed E-state index contributed by atoms with van der Waals surface area (Å²) in [5, 5.41) is 3.07. The Labute approximate surface area is 255 Å². The van der Waals surface area contributed by atoms with E-state index in [1.807, 2.05) is 69.2 Å². The van der Waals surface area contributed by atoms with E-state index in [0.29, 0.717) is 25.7 Å². The average Bonchev–Trinajstić information content (AvgIpc) is 2.87. The lowest BCUT2D eigenvalue weighted by molar-refractivity contribution is -0.147. The maximum Gasteiger partial charge on any atom is 0.244 e. The second kappa shape index (κ2) is 17.8. The van der Waals surface area contributed by atoms with Gasteiger partial charge in [0, 0.05) is 14.1 Å². The monoisotopic (exact) mass is 598 g/mol. The second-order valence-electron chi connectivity index (χ2n) is 13.8. The molecule has 0 rings (SSSR count). The molecule has 0 saturated heterocycles. The van der Waals surface area contributed by atoms with Crippen molar-refractivity contribution in [1.29, 1.82) is 0 Å². The SMILES string of the molecule is CCCC(C(=O)N[C@@H](COC(C)(C)C)N(C)C(CC(C)C)C(=O)N(C)C(CC(C)C)C(N)=O)N(C)C(=O)[C@H](N)C(C)C. The third-order valence-electron chi connectivity index (χ3n) is 7.47. The molecule has 0 heterocycles. The smallest absolute Gasteiger partial charge is 0.244 e. The molecule has 11 heteroatoms. The summed E-state index contributed by atoms with van der Waals surface area (Å²) < 4.78 is 6.11. The normalized spacial score (nSPS) is 15.9. The van der Waals surface area contributed by atoms with E-state index < -0.39 is 41.8 Å². The summed E-state index contributed by atoms with van der Waals surface area (Å²) in [5.41, 5.74) is 11.3. The number of rotatable bonds is 18. The van der Waals surface area contributed by atoms with Gasteiger partial charge < -0.3 is 31.3 Å². The maximum atomic E-state index is 14.0. The largest absolute Gasteiger partial charge is 0.372 e. The lowest BCUT2D eigenvalue weighted by Crippen LogP contribution is -2.62. The average molecular weight is 599 g/mol. The van der Waals surface area contributed by atoms with Crippen LogP contribution in [0.2, 0.25) is 0 Å². The molecule has 11 nitrogen and oxygen atoms in total. The third kappa shape index (κ3) is 13.0. The van der Waals surface area contributed by atoms with Gasteiger partial charge in [-0.05, 0) is 64.8 Å². The molecule has 246 valence electrons. The van der Waals surface area contributed by atoms with Crippen LogP contribution in [-0.4, -0.2) is 102 Å². The summed E-state index contributed by atoms with van der Waals surface area (Å²) in [5.74, 6) is -1.24. The Morgan fingerprint density at radius 3 is 1.69 bits per heavy atom. The fraction of sp³-hybridized carbons (Fsp3) is 0.871. The minimum absolute atomic E-state index is 0.0796. The van der Waals surface area contributed by atoms with Crippen molar-refractivity contribution in [2.75, 3.05) is 27.7 Å². The summed E-state index contributed by atoms with van der Waals surface area (Å²) >= 11 is 0. The van der Waals surface area contributed by atoms with Crippen LogP contribution in [0, 0.1) is 17.8 Å². The molecule has 0 aliphatic rings. The lowest BCUT2D eigenvalue weighted by Gasteiger charge is -2.40. The van der Waals surface area contributed by atoms with Crippen LogP contribution in [0.5, 0.6) is 0 Å². The highest BCUT2D eigenvalue weighted by molar-refractivity contribution is 5.90. The minimum atomic E-state index is -0.752. The number of hydrogen-bond donors (Lipinski definition) is 3. The fourth-order valence-electron chi connectivity index (χ4n) is 4.70. The van der Waals surface area contributed by atoms with Gasteiger partial charge in [0.15, 0.2) is 0 Å². The first-order valence-electron chi connectivity index (χ1n) is 15.4. The molecule has 0 saturated carbocycles. The number of primary amides is 1. The van der Waals surface area contributed by atoms with E-state index in [0.717, 1.165) is 0 Å². The number of nitrogens with two attached hydrogens (primary N) is 2. The van der Waals surface area contributed by atoms with Gasteiger partial charge in [0.25, 0.3) is 0 Å². The molecule has 4 amide bonds. The van der Waals surface area contributed by atoms with Crippen molar-refractivity contribution in [2.45, 2.75) is 131 Å². The van der Waals surface area contributed by atoms with Gasteiger partial charge in [-0.25, -0.2) is 0 Å². The molecule has 0 spiro atoms. The molecule has 0 bridgehead atoms. The van der Waals surface area contributed by atoms with Gasteiger partial charge in [-0.1, -0.05) is 54.9 Å². The Morgan fingerprint density at radius 2 is 1.29 bits per heavy atom. The van der Waals surface area contributed by atoms with Gasteiger partial charge >= 0.3 is 0 Å². The molecule has 0 aromatic heterocycles. The van der Waals surface area contributed by atoms with Crippen LogP contribution >= 0.6 is 0 Å². The fourth-order valence-corrected chi connectivity index (χ4v) is 4.70. The topological polar surface area (TPSA) is 151 Å². The summed E-state index contributed by atoms with van der Waals surface area (Å²) in [6.07, 6.45) is 1.35. The predicted molar refractivity (Wildman–Crippen MR) is 168 cm³/mol. The quantitative estimate of drug-likeness (QED) is 0.205.